The van der Waals surface area contributed by atoms with Gasteiger partial charge in [0.15, 0.2) is 0 Å². The first-order valence-corrected chi connectivity index (χ1v) is 10.7. The summed E-state index contributed by atoms with van der Waals surface area (Å²) in [5.41, 5.74) is 0.585. The Balaban J connectivity index is 2.38. The summed E-state index contributed by atoms with van der Waals surface area (Å²) in [6.45, 7) is 11.5. The van der Waals surface area contributed by atoms with Crippen LogP contribution in [-0.2, 0) is 19.0 Å². The molecule has 0 radical (unpaired) electrons. The van der Waals surface area contributed by atoms with Gasteiger partial charge in [-0.1, -0.05) is 34.7 Å². The molecule has 0 aromatic heterocycles. The van der Waals surface area contributed by atoms with Gasteiger partial charge in [-0.15, -0.1) is 0 Å². The Bertz CT molecular complexity index is 700. The van der Waals surface area contributed by atoms with Crippen LogP contribution in [0, 0.1) is 0 Å². The Morgan fingerprint density at radius 1 is 1.04 bits per heavy atom. The van der Waals surface area contributed by atoms with Crippen molar-refractivity contribution in [1.29, 1.82) is 0 Å². The molecular weight excluding hydrogens is 459 g/mol. The lowest BCUT2D eigenvalue weighted by atomic mass is 9.79. The number of carbonyl (C=O) groups is 2. The summed E-state index contributed by atoms with van der Waals surface area (Å²) < 4.78 is 18.1. The first-order chi connectivity index (χ1) is 12.4. The van der Waals surface area contributed by atoms with Crippen LogP contribution in [0.1, 0.15) is 81.5 Å². The van der Waals surface area contributed by atoms with E-state index < -0.39 is 29.2 Å². The lowest BCUT2D eigenvalue weighted by Gasteiger charge is -2.35. The van der Waals surface area contributed by atoms with Crippen molar-refractivity contribution >= 4 is 34.5 Å². The quantitative estimate of drug-likeness (QED) is 0.245. The van der Waals surface area contributed by atoms with Crippen molar-refractivity contribution < 1.29 is 23.8 Å². The van der Waals surface area contributed by atoms with Crippen molar-refractivity contribution in [2.45, 2.75) is 71.2 Å². The van der Waals surface area contributed by atoms with Gasteiger partial charge in [0.05, 0.1) is 11.7 Å². The van der Waals surface area contributed by atoms with Crippen LogP contribution in [0.5, 0.6) is 0 Å². The highest BCUT2D eigenvalue weighted by Crippen LogP contribution is 2.44. The predicted molar refractivity (Wildman–Crippen MR) is 112 cm³/mol. The lowest BCUT2D eigenvalue weighted by molar-refractivity contribution is -0.161. The van der Waals surface area contributed by atoms with Gasteiger partial charge in [0.2, 0.25) is 0 Å². The number of ether oxygens (including phenoxy) is 3. The maximum absolute atomic E-state index is 12.9. The molecular formula is C21H29IO5. The van der Waals surface area contributed by atoms with E-state index >= 15 is 0 Å². The second-order valence-corrected chi connectivity index (χ2v) is 9.77. The Labute approximate surface area is 175 Å². The second kappa shape index (κ2) is 8.47. The highest BCUT2D eigenvalue weighted by Gasteiger charge is 2.42. The summed E-state index contributed by atoms with van der Waals surface area (Å²) >= 11 is 2.29. The summed E-state index contributed by atoms with van der Waals surface area (Å²) in [6.07, 6.45) is 0.460. The number of hydrogen-bond acceptors (Lipinski definition) is 5. The summed E-state index contributed by atoms with van der Waals surface area (Å²) in [6, 6.07) is 5.49. The minimum absolute atomic E-state index is 0.381. The fraction of sp³-hybridized carbons (Fsp3) is 0.619. The summed E-state index contributed by atoms with van der Waals surface area (Å²) in [5, 5.41) is 0. The number of halogens is 1. The Hall–Kier alpha value is -1.15. The standard InChI is InChI=1S/C21H29IO5/c1-20(2,3)26-18(23)15-12-13-8-9-14(15)16(17(13)25-11-7-10-22)19(24)27-21(4,5)6/h8-9,12,16-17H,7,10-11H2,1-6H3. The number of hydrogen-bond donors (Lipinski definition) is 0. The van der Waals surface area contributed by atoms with E-state index in [1.54, 1.807) is 12.1 Å². The number of carbonyl (C=O) groups excluding carboxylic acids is 2. The molecule has 3 rings (SSSR count). The van der Waals surface area contributed by atoms with Gasteiger partial charge >= 0.3 is 11.9 Å². The van der Waals surface area contributed by atoms with Crippen molar-refractivity contribution in [3.05, 3.63) is 34.9 Å². The Morgan fingerprint density at radius 2 is 1.67 bits per heavy atom. The topological polar surface area (TPSA) is 61.8 Å². The highest BCUT2D eigenvalue weighted by atomic mass is 127. The smallest absolute Gasteiger partial charge is 0.338 e. The van der Waals surface area contributed by atoms with Gasteiger partial charge in [0.1, 0.15) is 17.1 Å². The summed E-state index contributed by atoms with van der Waals surface area (Å²) in [4.78, 5) is 25.6. The molecule has 2 aliphatic carbocycles. The third-order valence-electron chi connectivity index (χ3n) is 3.90. The first kappa shape index (κ1) is 22.1. The number of fused-ring (bicyclic) bond motifs is 3. The minimum atomic E-state index is -0.661. The van der Waals surface area contributed by atoms with Gasteiger partial charge in [-0.25, -0.2) is 4.79 Å². The molecule has 150 valence electrons. The van der Waals surface area contributed by atoms with E-state index in [4.69, 9.17) is 14.2 Å². The third kappa shape index (κ3) is 5.91. The third-order valence-corrected chi connectivity index (χ3v) is 4.66. The Kier molecular flexibility index (Phi) is 6.95. The molecule has 1 aromatic rings. The number of esters is 2. The first-order valence-electron chi connectivity index (χ1n) is 9.20. The van der Waals surface area contributed by atoms with E-state index in [1.807, 2.05) is 47.6 Å². The average molecular weight is 488 g/mol. The molecule has 0 saturated heterocycles. The fourth-order valence-corrected chi connectivity index (χ4v) is 3.27. The molecule has 1 aromatic carbocycles. The second-order valence-electron chi connectivity index (χ2n) is 8.69. The maximum Gasteiger partial charge on any atom is 0.338 e. The van der Waals surface area contributed by atoms with E-state index in [-0.39, 0.29) is 5.97 Å². The normalized spacial score (nSPS) is 19.1. The van der Waals surface area contributed by atoms with E-state index in [0.717, 1.165) is 16.4 Å². The van der Waals surface area contributed by atoms with Crippen LogP contribution in [0.15, 0.2) is 18.2 Å². The van der Waals surface area contributed by atoms with Crippen molar-refractivity contribution in [3.63, 3.8) is 0 Å². The highest BCUT2D eigenvalue weighted by molar-refractivity contribution is 14.1. The minimum Gasteiger partial charge on any atom is -0.459 e. The Morgan fingerprint density at radius 3 is 2.22 bits per heavy atom. The number of alkyl halides is 1. The molecule has 2 bridgehead atoms. The summed E-state index contributed by atoms with van der Waals surface area (Å²) in [7, 11) is 0. The molecule has 0 amide bonds. The molecule has 5 nitrogen and oxygen atoms in total. The zero-order chi connectivity index (χ0) is 20.4. The van der Waals surface area contributed by atoms with Crippen LogP contribution in [-0.4, -0.2) is 34.2 Å². The molecule has 0 heterocycles. The van der Waals surface area contributed by atoms with Crippen molar-refractivity contribution in [3.8, 4) is 0 Å². The zero-order valence-electron chi connectivity index (χ0n) is 16.9. The SMILES string of the molecule is CC(C)(C)OC(=O)c1cc2ccc1C(C(=O)OC(C)(C)C)C2OCCCI. The molecule has 2 aliphatic rings. The van der Waals surface area contributed by atoms with Crippen LogP contribution in [0.3, 0.4) is 0 Å². The van der Waals surface area contributed by atoms with Crippen LogP contribution >= 0.6 is 22.6 Å². The molecule has 0 saturated carbocycles. The average Bonchev–Trinajstić information content (AvgIpc) is 2.52. The van der Waals surface area contributed by atoms with Gasteiger partial charge in [-0.2, -0.15) is 0 Å². The van der Waals surface area contributed by atoms with Crippen LogP contribution < -0.4 is 0 Å². The number of rotatable bonds is 6. The van der Waals surface area contributed by atoms with Crippen molar-refractivity contribution in [1.82, 2.24) is 0 Å². The monoisotopic (exact) mass is 488 g/mol. The van der Waals surface area contributed by atoms with Gasteiger partial charge < -0.3 is 14.2 Å². The molecule has 27 heavy (non-hydrogen) atoms. The van der Waals surface area contributed by atoms with Crippen molar-refractivity contribution in [2.24, 2.45) is 0 Å². The predicted octanol–water partition coefficient (Wildman–Crippen LogP) is 4.96. The molecule has 0 aliphatic heterocycles. The zero-order valence-corrected chi connectivity index (χ0v) is 19.1. The molecule has 6 heteroatoms. The van der Waals surface area contributed by atoms with E-state index in [1.165, 1.54) is 0 Å². The van der Waals surface area contributed by atoms with Crippen LogP contribution in [0.4, 0.5) is 0 Å². The number of benzene rings is 1. The molecule has 2 unspecified atom stereocenters. The molecule has 0 N–H and O–H groups in total. The van der Waals surface area contributed by atoms with Crippen LogP contribution in [0.25, 0.3) is 0 Å². The maximum atomic E-state index is 12.9. The van der Waals surface area contributed by atoms with E-state index in [2.05, 4.69) is 22.6 Å². The van der Waals surface area contributed by atoms with E-state index in [0.29, 0.717) is 17.7 Å². The van der Waals surface area contributed by atoms with Gasteiger partial charge in [0.25, 0.3) is 0 Å². The lowest BCUT2D eigenvalue weighted by Crippen LogP contribution is -2.35. The fourth-order valence-electron chi connectivity index (χ4n) is 2.96. The summed E-state index contributed by atoms with van der Waals surface area (Å²) in [5.74, 6) is -1.47. The van der Waals surface area contributed by atoms with Gasteiger partial charge in [0, 0.05) is 11.0 Å². The van der Waals surface area contributed by atoms with E-state index in [9.17, 15) is 9.59 Å². The van der Waals surface area contributed by atoms with Gasteiger partial charge in [-0.3, -0.25) is 4.79 Å². The van der Waals surface area contributed by atoms with Gasteiger partial charge in [-0.05, 0) is 65.2 Å². The van der Waals surface area contributed by atoms with Crippen LogP contribution in [0.2, 0.25) is 0 Å². The largest absolute Gasteiger partial charge is 0.459 e. The molecule has 0 spiro atoms. The van der Waals surface area contributed by atoms with Crippen molar-refractivity contribution in [2.75, 3.05) is 11.0 Å². The molecule has 2 atom stereocenters. The molecule has 0 fully saturated rings.